The first-order valence-corrected chi connectivity index (χ1v) is 6.88. The van der Waals surface area contributed by atoms with Crippen LogP contribution in [0.1, 0.15) is 17.7 Å². The number of hydrogen-bond donors (Lipinski definition) is 1. The monoisotopic (exact) mass is 257 g/mol. The van der Waals surface area contributed by atoms with Gasteiger partial charge < -0.3 is 4.98 Å². The first kappa shape index (κ1) is 10.1. The molecule has 3 heterocycles. The number of aromatic nitrogens is 3. The molecule has 18 heavy (non-hydrogen) atoms. The lowest BCUT2D eigenvalue weighted by Crippen LogP contribution is -2.15. The highest BCUT2D eigenvalue weighted by atomic mass is 32.1. The van der Waals surface area contributed by atoms with Crippen molar-refractivity contribution in [3.8, 4) is 10.6 Å². The van der Waals surface area contributed by atoms with E-state index in [2.05, 4.69) is 10.1 Å². The number of nitrogens with zero attached hydrogens (tertiary/aromatic N) is 2. The minimum atomic E-state index is 0.0487. The van der Waals surface area contributed by atoms with E-state index < -0.39 is 0 Å². The molecule has 0 atom stereocenters. The molecule has 0 spiro atoms. The molecule has 1 aliphatic rings. The number of thiophene rings is 1. The number of rotatable bonds is 1. The van der Waals surface area contributed by atoms with Crippen LogP contribution in [0.3, 0.4) is 0 Å². The van der Waals surface area contributed by atoms with E-state index in [0.29, 0.717) is 0 Å². The summed E-state index contributed by atoms with van der Waals surface area (Å²) in [4.78, 5) is 16.0. The van der Waals surface area contributed by atoms with Crippen LogP contribution in [0.5, 0.6) is 0 Å². The third-order valence-corrected chi connectivity index (χ3v) is 4.34. The summed E-state index contributed by atoms with van der Waals surface area (Å²) in [5, 5.41) is 6.66. The van der Waals surface area contributed by atoms with Gasteiger partial charge in [0.25, 0.3) is 5.56 Å². The van der Waals surface area contributed by atoms with Crippen LogP contribution in [0.4, 0.5) is 0 Å². The first-order valence-electron chi connectivity index (χ1n) is 6.00. The molecule has 0 radical (unpaired) electrons. The van der Waals surface area contributed by atoms with E-state index in [-0.39, 0.29) is 5.56 Å². The zero-order valence-electron chi connectivity index (χ0n) is 9.64. The normalized spacial score (nSPS) is 14.2. The van der Waals surface area contributed by atoms with Gasteiger partial charge >= 0.3 is 0 Å². The predicted octanol–water partition coefficient (Wildman–Crippen LogP) is 2.24. The van der Waals surface area contributed by atoms with Gasteiger partial charge in [-0.1, -0.05) is 6.07 Å². The second-order valence-electron chi connectivity index (χ2n) is 4.54. The van der Waals surface area contributed by atoms with Crippen molar-refractivity contribution in [2.24, 2.45) is 0 Å². The zero-order valence-corrected chi connectivity index (χ0v) is 10.5. The van der Waals surface area contributed by atoms with Crippen molar-refractivity contribution in [3.63, 3.8) is 0 Å². The Morgan fingerprint density at radius 2 is 2.33 bits per heavy atom. The molecule has 0 saturated carbocycles. The summed E-state index contributed by atoms with van der Waals surface area (Å²) < 4.78 is 1.90. The molecule has 5 heteroatoms. The van der Waals surface area contributed by atoms with Gasteiger partial charge in [-0.05, 0) is 30.7 Å². The summed E-state index contributed by atoms with van der Waals surface area (Å²) in [6.45, 7) is 0. The lowest BCUT2D eigenvalue weighted by Gasteiger charge is -2.01. The highest BCUT2D eigenvalue weighted by Crippen LogP contribution is 2.26. The average Bonchev–Trinajstić information content (AvgIpc) is 3.08. The van der Waals surface area contributed by atoms with Gasteiger partial charge in [0.2, 0.25) is 0 Å². The number of hydrogen-bond acceptors (Lipinski definition) is 3. The van der Waals surface area contributed by atoms with Gasteiger partial charge in [0.15, 0.2) is 0 Å². The van der Waals surface area contributed by atoms with Gasteiger partial charge in [0.1, 0.15) is 11.3 Å². The Bertz CT molecular complexity index is 783. The van der Waals surface area contributed by atoms with E-state index >= 15 is 0 Å². The fourth-order valence-corrected chi connectivity index (χ4v) is 3.30. The molecule has 3 aromatic rings. The summed E-state index contributed by atoms with van der Waals surface area (Å²) >= 11 is 1.66. The maximum absolute atomic E-state index is 11.9. The summed E-state index contributed by atoms with van der Waals surface area (Å²) in [7, 11) is 0. The van der Waals surface area contributed by atoms with E-state index in [1.165, 1.54) is 0 Å². The van der Waals surface area contributed by atoms with Crippen molar-refractivity contribution < 1.29 is 0 Å². The third kappa shape index (κ3) is 1.31. The van der Waals surface area contributed by atoms with Crippen molar-refractivity contribution in [3.05, 3.63) is 45.2 Å². The van der Waals surface area contributed by atoms with Gasteiger partial charge in [-0.2, -0.15) is 5.10 Å². The molecule has 4 nitrogen and oxygen atoms in total. The van der Waals surface area contributed by atoms with Crippen LogP contribution in [-0.2, 0) is 12.8 Å². The van der Waals surface area contributed by atoms with E-state index in [9.17, 15) is 4.79 Å². The van der Waals surface area contributed by atoms with Crippen molar-refractivity contribution in [1.82, 2.24) is 14.6 Å². The number of aryl methyl sites for hydroxylation is 1. The molecule has 90 valence electrons. The quantitative estimate of drug-likeness (QED) is 0.727. The van der Waals surface area contributed by atoms with Gasteiger partial charge in [-0.15, -0.1) is 11.3 Å². The average molecular weight is 257 g/mol. The van der Waals surface area contributed by atoms with Gasteiger partial charge in [0, 0.05) is 11.6 Å². The third-order valence-electron chi connectivity index (χ3n) is 3.44. The Balaban J connectivity index is 2.04. The predicted molar refractivity (Wildman–Crippen MR) is 71.2 cm³/mol. The van der Waals surface area contributed by atoms with Crippen LogP contribution in [0.2, 0.25) is 0 Å². The van der Waals surface area contributed by atoms with Crippen LogP contribution >= 0.6 is 11.3 Å². The second-order valence-corrected chi connectivity index (χ2v) is 5.48. The number of fused-ring (bicyclic) bond motifs is 3. The molecule has 0 bridgehead atoms. The SMILES string of the molecule is O=c1[nH]c2cc(-c3cccs3)nn2c2c1CCC2. The Morgan fingerprint density at radius 1 is 1.39 bits per heavy atom. The van der Waals surface area contributed by atoms with Crippen LogP contribution in [0.15, 0.2) is 28.4 Å². The molecule has 0 unspecified atom stereocenters. The minimum Gasteiger partial charge on any atom is -0.307 e. The lowest BCUT2D eigenvalue weighted by molar-refractivity contribution is 0.837. The Labute approximate surface area is 107 Å². The zero-order chi connectivity index (χ0) is 12.1. The number of nitrogens with one attached hydrogen (secondary N) is 1. The van der Waals surface area contributed by atoms with Crippen LogP contribution in [-0.4, -0.2) is 14.6 Å². The molecule has 0 saturated heterocycles. The molecule has 1 aliphatic carbocycles. The van der Waals surface area contributed by atoms with Gasteiger partial charge in [0.05, 0.1) is 10.6 Å². The van der Waals surface area contributed by atoms with Gasteiger partial charge in [-0.25, -0.2) is 4.52 Å². The Kier molecular flexibility index (Phi) is 1.99. The molecule has 0 aromatic carbocycles. The topological polar surface area (TPSA) is 50.2 Å². The summed E-state index contributed by atoms with van der Waals surface area (Å²) in [5.74, 6) is 0. The lowest BCUT2D eigenvalue weighted by atomic mass is 10.2. The molecule has 3 aromatic heterocycles. The largest absolute Gasteiger partial charge is 0.307 e. The van der Waals surface area contributed by atoms with Crippen LogP contribution in [0.25, 0.3) is 16.2 Å². The van der Waals surface area contributed by atoms with E-state index in [1.807, 2.05) is 28.1 Å². The number of H-pyrrole nitrogens is 1. The van der Waals surface area contributed by atoms with Crippen molar-refractivity contribution in [2.75, 3.05) is 0 Å². The standard InChI is InChI=1S/C13H11N3OS/c17-13-8-3-1-4-10(8)16-12(14-13)7-9(15-16)11-5-2-6-18-11/h2,5-7H,1,3-4H2,(H,14,17). The van der Waals surface area contributed by atoms with Crippen molar-refractivity contribution >= 4 is 17.0 Å². The highest BCUT2D eigenvalue weighted by molar-refractivity contribution is 7.13. The molecular weight excluding hydrogens is 246 g/mol. The van der Waals surface area contributed by atoms with Crippen LogP contribution < -0.4 is 5.56 Å². The molecule has 0 aliphatic heterocycles. The molecule has 1 N–H and O–H groups in total. The van der Waals surface area contributed by atoms with E-state index in [4.69, 9.17) is 0 Å². The molecular formula is C13H11N3OS. The summed E-state index contributed by atoms with van der Waals surface area (Å²) in [6, 6.07) is 6.01. The van der Waals surface area contributed by atoms with Crippen molar-refractivity contribution in [1.29, 1.82) is 0 Å². The molecule has 0 amide bonds. The van der Waals surface area contributed by atoms with Gasteiger partial charge in [-0.3, -0.25) is 4.79 Å². The van der Waals surface area contributed by atoms with E-state index in [0.717, 1.165) is 46.7 Å². The Hall–Kier alpha value is -1.88. The minimum absolute atomic E-state index is 0.0487. The highest BCUT2D eigenvalue weighted by Gasteiger charge is 2.19. The smallest absolute Gasteiger partial charge is 0.254 e. The maximum atomic E-state index is 11.9. The Morgan fingerprint density at radius 3 is 3.17 bits per heavy atom. The van der Waals surface area contributed by atoms with E-state index in [1.54, 1.807) is 11.3 Å². The second kappa shape index (κ2) is 3.55. The number of aromatic amines is 1. The van der Waals surface area contributed by atoms with Crippen LogP contribution in [0, 0.1) is 0 Å². The summed E-state index contributed by atoms with van der Waals surface area (Å²) in [5.41, 5.74) is 3.76. The fraction of sp³-hybridized carbons (Fsp3) is 0.231. The fourth-order valence-electron chi connectivity index (χ4n) is 2.62. The molecule has 4 rings (SSSR count). The first-order chi connectivity index (χ1) is 8.83. The molecule has 0 fully saturated rings. The maximum Gasteiger partial charge on any atom is 0.254 e. The van der Waals surface area contributed by atoms with Crippen molar-refractivity contribution in [2.45, 2.75) is 19.3 Å². The summed E-state index contributed by atoms with van der Waals surface area (Å²) in [6.07, 6.45) is 2.86.